The largest absolute Gasteiger partial charge is 0.0843 e. The van der Waals surface area contributed by atoms with Crippen LogP contribution in [0, 0.1) is 0 Å². The molecule has 1 aromatic carbocycles. The maximum Gasteiger partial charge on any atom is 0.0420 e. The van der Waals surface area contributed by atoms with E-state index < -0.39 is 0 Å². The van der Waals surface area contributed by atoms with Crippen molar-refractivity contribution >= 4 is 27.5 Å². The molecule has 72 valence electrons. The molecule has 1 aliphatic rings. The van der Waals surface area contributed by atoms with Crippen LogP contribution in [0.25, 0.3) is 0 Å². The monoisotopic (exact) mass is 268 g/mol. The molecule has 0 spiro atoms. The molecule has 0 aromatic heterocycles. The van der Waals surface area contributed by atoms with E-state index >= 15 is 0 Å². The summed E-state index contributed by atoms with van der Waals surface area (Å²) in [7, 11) is 0. The maximum absolute atomic E-state index is 6.00. The second-order valence-corrected chi connectivity index (χ2v) is 4.71. The van der Waals surface area contributed by atoms with E-state index in [4.69, 9.17) is 11.6 Å². The molecule has 1 atom stereocenters. The molecular formula is C12H10BrCl. The fourth-order valence-electron chi connectivity index (χ4n) is 1.62. The lowest BCUT2D eigenvalue weighted by atomic mass is 9.93. The molecule has 0 saturated carbocycles. The smallest absolute Gasteiger partial charge is 0.0420 e. The van der Waals surface area contributed by atoms with Crippen LogP contribution in [-0.4, -0.2) is 0 Å². The second kappa shape index (κ2) is 4.33. The highest BCUT2D eigenvalue weighted by Crippen LogP contribution is 2.29. The summed E-state index contributed by atoms with van der Waals surface area (Å²) in [6.45, 7) is 0. The van der Waals surface area contributed by atoms with E-state index in [0.717, 1.165) is 15.9 Å². The summed E-state index contributed by atoms with van der Waals surface area (Å²) < 4.78 is 1.04. The Morgan fingerprint density at radius 3 is 2.71 bits per heavy atom. The number of halogens is 2. The summed E-state index contributed by atoms with van der Waals surface area (Å²) >= 11 is 9.45. The number of hydrogen-bond acceptors (Lipinski definition) is 0. The van der Waals surface area contributed by atoms with Crippen LogP contribution >= 0.6 is 27.5 Å². The van der Waals surface area contributed by atoms with Crippen molar-refractivity contribution < 1.29 is 0 Å². The predicted molar refractivity (Wildman–Crippen MR) is 64.8 cm³/mol. The van der Waals surface area contributed by atoms with Crippen molar-refractivity contribution in [1.29, 1.82) is 0 Å². The van der Waals surface area contributed by atoms with Gasteiger partial charge in [0.1, 0.15) is 0 Å². The lowest BCUT2D eigenvalue weighted by molar-refractivity contribution is 0.853. The van der Waals surface area contributed by atoms with E-state index in [1.54, 1.807) is 0 Å². The summed E-state index contributed by atoms with van der Waals surface area (Å²) in [5.41, 5.74) is 1.27. The van der Waals surface area contributed by atoms with Gasteiger partial charge in [0.2, 0.25) is 0 Å². The third kappa shape index (κ3) is 2.28. The molecule has 0 saturated heterocycles. The molecule has 0 amide bonds. The zero-order valence-electron chi connectivity index (χ0n) is 7.58. The summed E-state index contributed by atoms with van der Waals surface area (Å²) in [6.07, 6.45) is 9.61. The summed E-state index contributed by atoms with van der Waals surface area (Å²) in [6, 6.07) is 6.06. The Morgan fingerprint density at radius 1 is 1.21 bits per heavy atom. The highest BCUT2D eigenvalue weighted by Gasteiger charge is 2.09. The molecule has 0 bridgehead atoms. The Hall–Kier alpha value is -0.530. The SMILES string of the molecule is Clc1cc(Br)cc(C2C=CC=CC2)c1. The van der Waals surface area contributed by atoms with Gasteiger partial charge in [0.25, 0.3) is 0 Å². The molecule has 0 heterocycles. The first kappa shape index (κ1) is 10.0. The van der Waals surface area contributed by atoms with E-state index in [-0.39, 0.29) is 0 Å². The molecular weight excluding hydrogens is 259 g/mol. The van der Waals surface area contributed by atoms with Gasteiger partial charge in [-0.3, -0.25) is 0 Å². The van der Waals surface area contributed by atoms with Crippen LogP contribution in [0.1, 0.15) is 17.9 Å². The number of rotatable bonds is 1. The maximum atomic E-state index is 6.00. The van der Waals surface area contributed by atoms with Crippen molar-refractivity contribution in [2.24, 2.45) is 0 Å². The van der Waals surface area contributed by atoms with Gasteiger partial charge in [-0.15, -0.1) is 0 Å². The fraction of sp³-hybridized carbons (Fsp3) is 0.167. The topological polar surface area (TPSA) is 0 Å². The van der Waals surface area contributed by atoms with E-state index in [1.165, 1.54) is 5.56 Å². The number of allylic oxidation sites excluding steroid dienone is 4. The summed E-state index contributed by atoms with van der Waals surface area (Å²) in [5, 5.41) is 0.789. The molecule has 2 rings (SSSR count). The van der Waals surface area contributed by atoms with Crippen LogP contribution in [0.4, 0.5) is 0 Å². The molecule has 0 radical (unpaired) electrons. The Labute approximate surface area is 97.4 Å². The minimum Gasteiger partial charge on any atom is -0.0843 e. The van der Waals surface area contributed by atoms with Crippen molar-refractivity contribution in [1.82, 2.24) is 0 Å². The lowest BCUT2D eigenvalue weighted by Crippen LogP contribution is -1.96. The van der Waals surface area contributed by atoms with Crippen LogP contribution in [0.2, 0.25) is 5.02 Å². The van der Waals surface area contributed by atoms with Crippen LogP contribution in [-0.2, 0) is 0 Å². The Bertz CT molecular complexity index is 373. The van der Waals surface area contributed by atoms with Gasteiger partial charge in [0, 0.05) is 15.4 Å². The molecule has 2 heteroatoms. The normalized spacial score (nSPS) is 20.0. The van der Waals surface area contributed by atoms with Gasteiger partial charge in [-0.2, -0.15) is 0 Å². The molecule has 1 aromatic rings. The second-order valence-electron chi connectivity index (χ2n) is 3.36. The summed E-state index contributed by atoms with van der Waals surface area (Å²) in [5.74, 6) is 0.468. The Balaban J connectivity index is 2.32. The average molecular weight is 270 g/mol. The molecule has 0 aliphatic heterocycles. The van der Waals surface area contributed by atoms with E-state index in [2.05, 4.69) is 46.3 Å². The minimum absolute atomic E-state index is 0.468. The quantitative estimate of drug-likeness (QED) is 0.693. The fourth-order valence-corrected chi connectivity index (χ4v) is 2.50. The van der Waals surface area contributed by atoms with Gasteiger partial charge in [0.05, 0.1) is 0 Å². The third-order valence-electron chi connectivity index (χ3n) is 2.29. The molecule has 0 nitrogen and oxygen atoms in total. The van der Waals surface area contributed by atoms with E-state index in [1.807, 2.05) is 12.1 Å². The predicted octanol–water partition coefficient (Wildman–Crippen LogP) is 4.70. The first-order valence-corrected chi connectivity index (χ1v) is 5.72. The highest BCUT2D eigenvalue weighted by atomic mass is 79.9. The molecule has 14 heavy (non-hydrogen) atoms. The Morgan fingerprint density at radius 2 is 2.07 bits per heavy atom. The molecule has 1 aliphatic carbocycles. The van der Waals surface area contributed by atoms with E-state index in [0.29, 0.717) is 5.92 Å². The van der Waals surface area contributed by atoms with Gasteiger partial charge in [-0.1, -0.05) is 51.8 Å². The van der Waals surface area contributed by atoms with Gasteiger partial charge in [-0.05, 0) is 30.2 Å². The highest BCUT2D eigenvalue weighted by molar-refractivity contribution is 9.10. The molecule has 0 fully saturated rings. The number of benzene rings is 1. The van der Waals surface area contributed by atoms with Crippen molar-refractivity contribution in [3.05, 3.63) is 57.6 Å². The van der Waals surface area contributed by atoms with Crippen molar-refractivity contribution in [2.75, 3.05) is 0 Å². The first-order valence-electron chi connectivity index (χ1n) is 4.55. The first-order chi connectivity index (χ1) is 6.75. The zero-order valence-corrected chi connectivity index (χ0v) is 9.92. The van der Waals surface area contributed by atoms with Crippen LogP contribution < -0.4 is 0 Å². The molecule has 1 unspecified atom stereocenters. The zero-order chi connectivity index (χ0) is 9.97. The average Bonchev–Trinajstić information content (AvgIpc) is 2.18. The van der Waals surface area contributed by atoms with Crippen LogP contribution in [0.15, 0.2) is 47.0 Å². The van der Waals surface area contributed by atoms with Gasteiger partial charge in [0.15, 0.2) is 0 Å². The minimum atomic E-state index is 0.468. The Kier molecular flexibility index (Phi) is 3.09. The third-order valence-corrected chi connectivity index (χ3v) is 2.97. The van der Waals surface area contributed by atoms with Crippen molar-refractivity contribution in [2.45, 2.75) is 12.3 Å². The van der Waals surface area contributed by atoms with Gasteiger partial charge < -0.3 is 0 Å². The molecule has 0 N–H and O–H groups in total. The standard InChI is InChI=1S/C12H10BrCl/c13-11-6-10(7-12(14)8-11)9-4-2-1-3-5-9/h1-4,6-9H,5H2. The van der Waals surface area contributed by atoms with Gasteiger partial charge >= 0.3 is 0 Å². The lowest BCUT2D eigenvalue weighted by Gasteiger charge is -2.14. The number of hydrogen-bond donors (Lipinski definition) is 0. The van der Waals surface area contributed by atoms with E-state index in [9.17, 15) is 0 Å². The summed E-state index contributed by atoms with van der Waals surface area (Å²) in [4.78, 5) is 0. The van der Waals surface area contributed by atoms with Crippen molar-refractivity contribution in [3.8, 4) is 0 Å². The van der Waals surface area contributed by atoms with Crippen LogP contribution in [0.5, 0.6) is 0 Å². The van der Waals surface area contributed by atoms with Gasteiger partial charge in [-0.25, -0.2) is 0 Å². The van der Waals surface area contributed by atoms with Crippen molar-refractivity contribution in [3.63, 3.8) is 0 Å². The van der Waals surface area contributed by atoms with Crippen LogP contribution in [0.3, 0.4) is 0 Å².